The number of anilines is 1. The van der Waals surface area contributed by atoms with Crippen molar-refractivity contribution < 1.29 is 17.9 Å². The summed E-state index contributed by atoms with van der Waals surface area (Å²) < 4.78 is 28.0. The van der Waals surface area contributed by atoms with Crippen LogP contribution in [-0.2, 0) is 21.4 Å². The summed E-state index contributed by atoms with van der Waals surface area (Å²) >= 11 is 0. The molecule has 2 aromatic rings. The Kier molecular flexibility index (Phi) is 7.74. The lowest BCUT2D eigenvalue weighted by Crippen LogP contribution is -2.28. The highest BCUT2D eigenvalue weighted by atomic mass is 32.2. The topological polar surface area (TPSA) is 102 Å². The lowest BCUT2D eigenvalue weighted by molar-refractivity contribution is -0.116. The van der Waals surface area contributed by atoms with E-state index in [0.717, 1.165) is 11.3 Å². The fourth-order valence-corrected chi connectivity index (χ4v) is 3.20. The van der Waals surface area contributed by atoms with E-state index < -0.39 is 10.0 Å². The molecule has 0 fully saturated rings. The van der Waals surface area contributed by atoms with E-state index in [9.17, 15) is 13.2 Å². The first-order valence-corrected chi connectivity index (χ1v) is 10.3. The summed E-state index contributed by atoms with van der Waals surface area (Å²) in [4.78, 5) is 14.3. The van der Waals surface area contributed by atoms with Crippen LogP contribution in [0.5, 0.6) is 5.75 Å². The summed E-state index contributed by atoms with van der Waals surface area (Å²) in [7, 11) is -2.19. The third kappa shape index (κ3) is 6.80. The second-order valence-electron chi connectivity index (χ2n) is 6.24. The fourth-order valence-electron chi connectivity index (χ4n) is 2.64. The molecule has 8 heteroatoms. The summed E-state index contributed by atoms with van der Waals surface area (Å²) in [5, 5.41) is 7.82. The number of sulfonamides is 1. The summed E-state index contributed by atoms with van der Waals surface area (Å²) in [6, 6.07) is 13.6. The van der Waals surface area contributed by atoms with Crippen molar-refractivity contribution in [1.82, 2.24) is 4.90 Å². The molecule has 0 radical (unpaired) electrons. The number of carbonyl (C=O) groups excluding carboxylic acids is 1. The number of primary sulfonamides is 1. The highest BCUT2D eigenvalue weighted by Crippen LogP contribution is 2.15. The lowest BCUT2D eigenvalue weighted by Gasteiger charge is -2.20. The molecular weight excluding hydrogens is 378 g/mol. The van der Waals surface area contributed by atoms with Gasteiger partial charge in [0.25, 0.3) is 0 Å². The number of methoxy groups -OCH3 is 1. The van der Waals surface area contributed by atoms with Crippen molar-refractivity contribution in [2.75, 3.05) is 25.5 Å². The molecule has 2 aromatic carbocycles. The van der Waals surface area contributed by atoms with Gasteiger partial charge in [0.05, 0.1) is 12.0 Å². The Bertz CT molecular complexity index is 911. The van der Waals surface area contributed by atoms with Crippen molar-refractivity contribution >= 4 is 21.6 Å². The molecule has 3 N–H and O–H groups in total. The molecule has 1 amide bonds. The van der Waals surface area contributed by atoms with Gasteiger partial charge in [0.1, 0.15) is 5.75 Å². The van der Waals surface area contributed by atoms with Crippen LogP contribution < -0.4 is 15.2 Å². The Morgan fingerprint density at radius 1 is 1.25 bits per heavy atom. The van der Waals surface area contributed by atoms with E-state index in [0.29, 0.717) is 25.3 Å². The number of carbonyl (C=O) groups is 1. The van der Waals surface area contributed by atoms with Crippen LogP contribution in [0.2, 0.25) is 0 Å². The fraction of sp³-hybridized carbons (Fsp3) is 0.250. The molecule has 0 saturated carbocycles. The van der Waals surface area contributed by atoms with Crippen LogP contribution >= 0.6 is 0 Å². The first-order chi connectivity index (χ1) is 13.3. The average molecular weight is 404 g/mol. The van der Waals surface area contributed by atoms with Gasteiger partial charge in [0.15, 0.2) is 0 Å². The zero-order chi connectivity index (χ0) is 20.6. The van der Waals surface area contributed by atoms with Crippen molar-refractivity contribution in [3.8, 4) is 5.75 Å². The summed E-state index contributed by atoms with van der Waals surface area (Å²) in [5.41, 5.74) is 1.49. The van der Waals surface area contributed by atoms with Gasteiger partial charge >= 0.3 is 0 Å². The minimum absolute atomic E-state index is 0.0434. The van der Waals surface area contributed by atoms with E-state index in [1.54, 1.807) is 19.3 Å². The third-order valence-electron chi connectivity index (χ3n) is 4.05. The van der Waals surface area contributed by atoms with Gasteiger partial charge in [0, 0.05) is 31.7 Å². The number of nitrogens with two attached hydrogens (primary N) is 1. The first-order valence-electron chi connectivity index (χ1n) is 8.70. The third-order valence-corrected chi connectivity index (χ3v) is 4.96. The Balaban J connectivity index is 1.93. The predicted octanol–water partition coefficient (Wildman–Crippen LogP) is 2.36. The maximum absolute atomic E-state index is 12.3. The van der Waals surface area contributed by atoms with Crippen LogP contribution in [0.4, 0.5) is 5.69 Å². The first kappa shape index (κ1) is 21.6. The largest absolute Gasteiger partial charge is 0.497 e. The zero-order valence-electron chi connectivity index (χ0n) is 15.8. The molecule has 150 valence electrons. The van der Waals surface area contributed by atoms with Gasteiger partial charge in [-0.05, 0) is 35.9 Å². The Morgan fingerprint density at radius 2 is 1.96 bits per heavy atom. The van der Waals surface area contributed by atoms with E-state index in [1.807, 2.05) is 24.3 Å². The Morgan fingerprint density at radius 3 is 2.57 bits per heavy atom. The maximum atomic E-state index is 12.3. The Labute approximate surface area is 165 Å². The molecule has 0 aliphatic rings. The molecular formula is C20H25N3O4S. The molecule has 0 aliphatic carbocycles. The molecule has 7 nitrogen and oxygen atoms in total. The van der Waals surface area contributed by atoms with Gasteiger partial charge in [-0.2, -0.15) is 0 Å². The van der Waals surface area contributed by atoms with Crippen LogP contribution in [0.3, 0.4) is 0 Å². The molecule has 2 rings (SSSR count). The minimum Gasteiger partial charge on any atom is -0.497 e. The second kappa shape index (κ2) is 10.0. The maximum Gasteiger partial charge on any atom is 0.238 e. The van der Waals surface area contributed by atoms with Gasteiger partial charge in [-0.1, -0.05) is 24.3 Å². The number of nitrogens with one attached hydrogen (secondary N) is 1. The molecule has 0 heterocycles. The van der Waals surface area contributed by atoms with Crippen LogP contribution in [-0.4, -0.2) is 39.4 Å². The normalized spacial score (nSPS) is 11.2. The van der Waals surface area contributed by atoms with Crippen LogP contribution in [0.15, 0.2) is 66.1 Å². The second-order valence-corrected chi connectivity index (χ2v) is 7.80. The highest BCUT2D eigenvalue weighted by Gasteiger charge is 2.11. The number of amides is 1. The minimum atomic E-state index is -3.81. The summed E-state index contributed by atoms with van der Waals surface area (Å²) in [6.45, 7) is 5.60. The lowest BCUT2D eigenvalue weighted by atomic mass is 10.2. The van der Waals surface area contributed by atoms with Crippen molar-refractivity contribution in [1.29, 1.82) is 0 Å². The van der Waals surface area contributed by atoms with Gasteiger partial charge in [-0.15, -0.1) is 6.58 Å². The zero-order valence-corrected chi connectivity index (χ0v) is 16.6. The number of hydrogen-bond acceptors (Lipinski definition) is 5. The molecule has 0 spiro atoms. The standard InChI is InChI=1S/C20H25N3O4S/c1-3-12-23(15-16-7-9-18(27-2)10-8-16)13-11-20(24)22-17-5-4-6-19(14-17)28(21,25)26/h3-10,14H,1,11-13,15H2,2H3,(H,22,24)(H2,21,25,26). The molecule has 0 atom stereocenters. The summed E-state index contributed by atoms with van der Waals surface area (Å²) in [6.07, 6.45) is 2.04. The molecule has 0 saturated heterocycles. The number of nitrogens with zero attached hydrogens (tertiary/aromatic N) is 1. The predicted molar refractivity (Wildman–Crippen MR) is 110 cm³/mol. The number of ether oxygens (including phenoxy) is 1. The van der Waals surface area contributed by atoms with Gasteiger partial charge in [-0.25, -0.2) is 13.6 Å². The van der Waals surface area contributed by atoms with Crippen LogP contribution in [0, 0.1) is 0 Å². The summed E-state index contributed by atoms with van der Waals surface area (Å²) in [5.74, 6) is 0.579. The number of hydrogen-bond donors (Lipinski definition) is 2. The van der Waals surface area contributed by atoms with E-state index >= 15 is 0 Å². The smallest absolute Gasteiger partial charge is 0.238 e. The SMILES string of the molecule is C=CCN(CCC(=O)Nc1cccc(S(N)(=O)=O)c1)Cc1ccc(OC)cc1. The number of benzene rings is 2. The number of rotatable bonds is 10. The quantitative estimate of drug-likeness (QED) is 0.593. The van der Waals surface area contributed by atoms with Crippen molar-refractivity contribution in [3.05, 3.63) is 66.7 Å². The molecule has 0 aromatic heterocycles. The van der Waals surface area contributed by atoms with Crippen LogP contribution in [0.1, 0.15) is 12.0 Å². The molecule has 0 aliphatic heterocycles. The van der Waals surface area contributed by atoms with Crippen LogP contribution in [0.25, 0.3) is 0 Å². The van der Waals surface area contributed by atoms with Crippen molar-refractivity contribution in [2.45, 2.75) is 17.9 Å². The molecule has 0 bridgehead atoms. The monoisotopic (exact) mass is 403 g/mol. The molecule has 0 unspecified atom stereocenters. The highest BCUT2D eigenvalue weighted by molar-refractivity contribution is 7.89. The van der Waals surface area contributed by atoms with E-state index in [4.69, 9.17) is 9.88 Å². The van der Waals surface area contributed by atoms with Crippen molar-refractivity contribution in [2.24, 2.45) is 5.14 Å². The average Bonchev–Trinajstić information content (AvgIpc) is 2.66. The molecule has 28 heavy (non-hydrogen) atoms. The van der Waals surface area contributed by atoms with Gasteiger partial charge in [-0.3, -0.25) is 9.69 Å². The van der Waals surface area contributed by atoms with Gasteiger partial charge in [0.2, 0.25) is 15.9 Å². The van der Waals surface area contributed by atoms with E-state index in [2.05, 4.69) is 16.8 Å². The Hall–Kier alpha value is -2.68. The van der Waals surface area contributed by atoms with E-state index in [-0.39, 0.29) is 17.2 Å². The van der Waals surface area contributed by atoms with Gasteiger partial charge < -0.3 is 10.1 Å². The van der Waals surface area contributed by atoms with E-state index in [1.165, 1.54) is 18.2 Å². The van der Waals surface area contributed by atoms with Crippen molar-refractivity contribution in [3.63, 3.8) is 0 Å².